The summed E-state index contributed by atoms with van der Waals surface area (Å²) in [6.07, 6.45) is 0. The zero-order chi connectivity index (χ0) is 39.2. The lowest BCUT2D eigenvalue weighted by Gasteiger charge is -2.36. The molecule has 0 N–H and O–H groups in total. The molecular weight excluding hydrogens is 705 g/mol. The average molecular weight is 747 g/mol. The maximum Gasteiger partial charge on any atom is 0.132 e. The van der Waals surface area contributed by atoms with Crippen LogP contribution in [0.25, 0.3) is 66.1 Å². The van der Waals surface area contributed by atoms with Gasteiger partial charge in [-0.05, 0) is 96.4 Å². The van der Waals surface area contributed by atoms with Gasteiger partial charge in [0.2, 0.25) is 0 Å². The minimum atomic E-state index is -0.293. The Bertz CT molecular complexity index is 2950. The van der Waals surface area contributed by atoms with Crippen molar-refractivity contribution in [1.82, 2.24) is 0 Å². The number of hydrogen-bond acceptors (Lipinski definition) is 2. The molecule has 0 atom stereocenters. The van der Waals surface area contributed by atoms with Crippen LogP contribution in [0, 0.1) is 0 Å². The molecule has 0 unspecified atom stereocenters. The van der Waals surface area contributed by atoms with E-state index < -0.39 is 0 Å². The van der Waals surface area contributed by atoms with Crippen molar-refractivity contribution in [2.45, 2.75) is 38.5 Å². The second kappa shape index (κ2) is 12.8. The second-order valence-electron chi connectivity index (χ2n) is 16.8. The van der Waals surface area contributed by atoms with Crippen LogP contribution in [0.2, 0.25) is 0 Å². The summed E-state index contributed by atoms with van der Waals surface area (Å²) in [4.78, 5) is 0. The van der Waals surface area contributed by atoms with Gasteiger partial charge in [-0.1, -0.05) is 179 Å². The molecule has 2 aliphatic heterocycles. The van der Waals surface area contributed by atoms with E-state index in [-0.39, 0.29) is 10.8 Å². The molecule has 11 rings (SSSR count). The van der Waals surface area contributed by atoms with Crippen molar-refractivity contribution >= 4 is 21.5 Å². The molecular formula is C56H42O2. The Labute approximate surface area is 340 Å². The predicted octanol–water partition coefficient (Wildman–Crippen LogP) is 15.5. The van der Waals surface area contributed by atoms with Crippen molar-refractivity contribution in [2.24, 2.45) is 0 Å². The van der Waals surface area contributed by atoms with Gasteiger partial charge in [0.05, 0.1) is 0 Å². The highest BCUT2D eigenvalue weighted by Crippen LogP contribution is 2.55. The van der Waals surface area contributed by atoms with Gasteiger partial charge in [-0.2, -0.15) is 0 Å². The van der Waals surface area contributed by atoms with Crippen LogP contribution in [0.3, 0.4) is 0 Å². The Morgan fingerprint density at radius 2 is 0.707 bits per heavy atom. The fourth-order valence-electron chi connectivity index (χ4n) is 10.1. The summed E-state index contributed by atoms with van der Waals surface area (Å²) in [7, 11) is 0. The minimum Gasteiger partial charge on any atom is -0.457 e. The topological polar surface area (TPSA) is 18.5 Å². The lowest BCUT2D eigenvalue weighted by atomic mass is 9.72. The van der Waals surface area contributed by atoms with E-state index in [4.69, 9.17) is 9.47 Å². The van der Waals surface area contributed by atoms with Crippen molar-refractivity contribution in [3.8, 4) is 67.5 Å². The quantitative estimate of drug-likeness (QED) is 0.167. The fourth-order valence-corrected chi connectivity index (χ4v) is 10.1. The molecule has 0 fully saturated rings. The molecule has 0 radical (unpaired) electrons. The molecule has 0 aromatic heterocycles. The third kappa shape index (κ3) is 5.04. The largest absolute Gasteiger partial charge is 0.457 e. The third-order valence-electron chi connectivity index (χ3n) is 12.8. The fraction of sp³-hybridized carbons (Fsp3) is 0.107. The van der Waals surface area contributed by atoms with Crippen LogP contribution in [-0.4, -0.2) is 0 Å². The Hall–Kier alpha value is -6.90. The van der Waals surface area contributed by atoms with E-state index in [0.717, 1.165) is 23.0 Å². The number of fused-ring (bicyclic) bond motifs is 6. The van der Waals surface area contributed by atoms with E-state index >= 15 is 0 Å². The lowest BCUT2D eigenvalue weighted by Crippen LogP contribution is -2.25. The zero-order valence-corrected chi connectivity index (χ0v) is 33.1. The summed E-state index contributed by atoms with van der Waals surface area (Å²) < 4.78 is 13.4. The summed E-state index contributed by atoms with van der Waals surface area (Å²) in [5, 5.41) is 4.83. The number of ether oxygens (including phenoxy) is 2. The Balaban J connectivity index is 1.25. The summed E-state index contributed by atoms with van der Waals surface area (Å²) in [6.45, 7) is 9.32. The first-order valence-electron chi connectivity index (χ1n) is 20.3. The van der Waals surface area contributed by atoms with Gasteiger partial charge in [0.25, 0.3) is 0 Å². The molecule has 0 saturated heterocycles. The van der Waals surface area contributed by atoms with Crippen LogP contribution in [-0.2, 0) is 10.8 Å². The maximum absolute atomic E-state index is 6.68. The molecule has 58 heavy (non-hydrogen) atoms. The van der Waals surface area contributed by atoms with Gasteiger partial charge in [0, 0.05) is 33.1 Å². The first-order chi connectivity index (χ1) is 28.3. The van der Waals surface area contributed by atoms with E-state index in [9.17, 15) is 0 Å². The van der Waals surface area contributed by atoms with Crippen molar-refractivity contribution < 1.29 is 9.47 Å². The predicted molar refractivity (Wildman–Crippen MR) is 240 cm³/mol. The van der Waals surface area contributed by atoms with Gasteiger partial charge in [-0.25, -0.2) is 0 Å². The van der Waals surface area contributed by atoms with Crippen LogP contribution in [0.4, 0.5) is 0 Å². The van der Waals surface area contributed by atoms with Crippen LogP contribution >= 0.6 is 0 Å². The minimum absolute atomic E-state index is 0.293. The molecule has 9 aromatic carbocycles. The molecule has 9 aromatic rings. The summed E-state index contributed by atoms with van der Waals surface area (Å²) in [5.41, 5.74) is 13.8. The molecule has 0 saturated carbocycles. The van der Waals surface area contributed by atoms with E-state index in [0.29, 0.717) is 0 Å². The standard InChI is InChI=1S/C56H42O2/c1-55(2)46-28-10-12-30-48(46)57-50-32-16-26-42(53(50)55)37-22-14-24-40-44(37)34-45-38(43-27-17-33-51-54(43)56(3,4)47-29-11-13-31-49(47)58-51)23-15-25-41(45)52(40)39-21-9-8-20-36(39)35-18-6-5-7-19-35/h5-34H,1-4H3. The Morgan fingerprint density at radius 1 is 0.310 bits per heavy atom. The molecule has 0 spiro atoms. The van der Waals surface area contributed by atoms with Crippen LogP contribution < -0.4 is 9.47 Å². The molecule has 2 heteroatoms. The average Bonchev–Trinajstić information content (AvgIpc) is 3.25. The van der Waals surface area contributed by atoms with Crippen molar-refractivity contribution in [3.05, 3.63) is 204 Å². The number of benzene rings is 9. The maximum atomic E-state index is 6.68. The molecule has 2 heterocycles. The summed E-state index contributed by atoms with van der Waals surface area (Å²) >= 11 is 0. The molecule has 0 amide bonds. The van der Waals surface area contributed by atoms with E-state index in [1.54, 1.807) is 0 Å². The van der Waals surface area contributed by atoms with Crippen LogP contribution in [0.5, 0.6) is 23.0 Å². The molecule has 2 nitrogen and oxygen atoms in total. The normalized spacial score (nSPS) is 14.4. The molecule has 2 aliphatic rings. The zero-order valence-electron chi connectivity index (χ0n) is 33.1. The number of para-hydroxylation sites is 2. The third-order valence-corrected chi connectivity index (χ3v) is 12.8. The summed E-state index contributed by atoms with van der Waals surface area (Å²) in [6, 6.07) is 65.9. The smallest absolute Gasteiger partial charge is 0.132 e. The van der Waals surface area contributed by atoms with Crippen molar-refractivity contribution in [3.63, 3.8) is 0 Å². The SMILES string of the molecule is CC1(C)c2ccccc2Oc2cccc(-c3cccc4c(-c5ccccc5-c5ccccc5)c5cccc(-c6cccc7c6C(C)(C)c6ccccc6O7)c5cc34)c21. The van der Waals surface area contributed by atoms with E-state index in [1.807, 2.05) is 0 Å². The van der Waals surface area contributed by atoms with E-state index in [2.05, 4.69) is 210 Å². The first-order valence-corrected chi connectivity index (χ1v) is 20.3. The monoisotopic (exact) mass is 746 g/mol. The van der Waals surface area contributed by atoms with Crippen LogP contribution in [0.15, 0.2) is 182 Å². The van der Waals surface area contributed by atoms with Gasteiger partial charge in [-0.15, -0.1) is 0 Å². The van der Waals surface area contributed by atoms with Crippen LogP contribution in [0.1, 0.15) is 49.9 Å². The van der Waals surface area contributed by atoms with Gasteiger partial charge in [0.1, 0.15) is 23.0 Å². The van der Waals surface area contributed by atoms with Gasteiger partial charge in [0.15, 0.2) is 0 Å². The summed E-state index contributed by atoms with van der Waals surface area (Å²) in [5.74, 6) is 3.66. The Morgan fingerprint density at radius 3 is 1.24 bits per heavy atom. The molecule has 0 bridgehead atoms. The number of hydrogen-bond donors (Lipinski definition) is 0. The highest BCUT2D eigenvalue weighted by atomic mass is 16.5. The Kier molecular flexibility index (Phi) is 7.59. The van der Waals surface area contributed by atoms with Gasteiger partial charge >= 0.3 is 0 Å². The lowest BCUT2D eigenvalue weighted by molar-refractivity contribution is 0.418. The molecule has 0 aliphatic carbocycles. The highest BCUT2D eigenvalue weighted by molar-refractivity contribution is 6.20. The van der Waals surface area contributed by atoms with Crippen molar-refractivity contribution in [2.75, 3.05) is 0 Å². The first kappa shape index (κ1) is 34.4. The number of rotatable bonds is 4. The van der Waals surface area contributed by atoms with Crippen molar-refractivity contribution in [1.29, 1.82) is 0 Å². The van der Waals surface area contributed by atoms with Gasteiger partial charge < -0.3 is 9.47 Å². The highest BCUT2D eigenvalue weighted by Gasteiger charge is 2.38. The molecule has 278 valence electrons. The second-order valence-corrected chi connectivity index (χ2v) is 16.8. The van der Waals surface area contributed by atoms with Gasteiger partial charge in [-0.3, -0.25) is 0 Å². The van der Waals surface area contributed by atoms with E-state index in [1.165, 1.54) is 88.3 Å².